The molecule has 2 aromatic rings. The van der Waals surface area contributed by atoms with Gasteiger partial charge in [0.25, 0.3) is 5.56 Å². The van der Waals surface area contributed by atoms with Crippen molar-refractivity contribution in [2.24, 2.45) is 0 Å². The maximum absolute atomic E-state index is 11.6. The molecule has 0 saturated carbocycles. The molecule has 0 saturated heterocycles. The third-order valence-corrected chi connectivity index (χ3v) is 3.83. The standard InChI is InChI=1S/C14H14Cl2IN3O2/c1-14(2,16)5-9-12(11(15)13(21)20-19-9)22-7-8-3-4-10(17)18-6-8/h3-4,6H,5,7H2,1-2H3,(H,20,21). The maximum Gasteiger partial charge on any atom is 0.286 e. The minimum absolute atomic E-state index is 0.0237. The summed E-state index contributed by atoms with van der Waals surface area (Å²) < 4.78 is 6.60. The van der Waals surface area contributed by atoms with Crippen LogP contribution < -0.4 is 10.3 Å². The highest BCUT2D eigenvalue weighted by Gasteiger charge is 2.22. The van der Waals surface area contributed by atoms with Crippen LogP contribution in [0.3, 0.4) is 0 Å². The first-order valence-corrected chi connectivity index (χ1v) is 8.29. The second-order valence-electron chi connectivity index (χ2n) is 5.32. The molecule has 0 aromatic carbocycles. The van der Waals surface area contributed by atoms with Crippen LogP contribution in [0.4, 0.5) is 0 Å². The molecular weight excluding hydrogens is 440 g/mol. The highest BCUT2D eigenvalue weighted by atomic mass is 127. The SMILES string of the molecule is CC(C)(Cl)Cc1n[nH]c(=O)c(Cl)c1OCc1ccc(I)nc1. The largest absolute Gasteiger partial charge is 0.485 e. The Morgan fingerprint density at radius 2 is 2.14 bits per heavy atom. The van der Waals surface area contributed by atoms with E-state index >= 15 is 0 Å². The molecule has 0 unspecified atom stereocenters. The molecule has 0 aliphatic heterocycles. The average Bonchev–Trinajstić information content (AvgIpc) is 2.43. The fourth-order valence-electron chi connectivity index (χ4n) is 1.76. The minimum Gasteiger partial charge on any atom is -0.485 e. The fourth-order valence-corrected chi connectivity index (χ4v) is 2.41. The molecule has 0 bridgehead atoms. The summed E-state index contributed by atoms with van der Waals surface area (Å²) in [5.74, 6) is 0.262. The Morgan fingerprint density at radius 1 is 1.41 bits per heavy atom. The highest BCUT2D eigenvalue weighted by Crippen LogP contribution is 2.29. The summed E-state index contributed by atoms with van der Waals surface area (Å²) in [5.41, 5.74) is 0.893. The van der Waals surface area contributed by atoms with E-state index in [0.717, 1.165) is 9.26 Å². The first-order chi connectivity index (χ1) is 10.3. The molecule has 0 radical (unpaired) electrons. The maximum atomic E-state index is 11.6. The first-order valence-electron chi connectivity index (χ1n) is 6.45. The molecule has 2 rings (SSSR count). The van der Waals surface area contributed by atoms with Crippen molar-refractivity contribution < 1.29 is 4.74 Å². The molecule has 118 valence electrons. The van der Waals surface area contributed by atoms with Crippen LogP contribution >= 0.6 is 45.8 Å². The van der Waals surface area contributed by atoms with E-state index in [1.54, 1.807) is 6.20 Å². The van der Waals surface area contributed by atoms with Crippen LogP contribution in [0.1, 0.15) is 25.1 Å². The van der Waals surface area contributed by atoms with E-state index in [1.165, 1.54) is 0 Å². The number of aromatic nitrogens is 3. The number of H-pyrrole nitrogens is 1. The summed E-state index contributed by atoms with van der Waals surface area (Å²) in [6.45, 7) is 3.94. The predicted octanol–water partition coefficient (Wildman–Crippen LogP) is 3.56. The molecule has 0 fully saturated rings. The van der Waals surface area contributed by atoms with E-state index in [1.807, 2.05) is 26.0 Å². The van der Waals surface area contributed by atoms with Gasteiger partial charge in [-0.05, 0) is 42.5 Å². The molecule has 0 spiro atoms. The van der Waals surface area contributed by atoms with E-state index in [-0.39, 0.29) is 17.4 Å². The Hall–Kier alpha value is -0.860. The fraction of sp³-hybridized carbons (Fsp3) is 0.357. The van der Waals surface area contributed by atoms with Crippen LogP contribution in [-0.4, -0.2) is 20.1 Å². The third-order valence-electron chi connectivity index (χ3n) is 2.71. The van der Waals surface area contributed by atoms with Crippen LogP contribution in [0.25, 0.3) is 0 Å². The summed E-state index contributed by atoms with van der Waals surface area (Å²) in [5, 5.41) is 6.33. The summed E-state index contributed by atoms with van der Waals surface area (Å²) in [7, 11) is 0. The number of nitrogens with zero attached hydrogens (tertiary/aromatic N) is 2. The van der Waals surface area contributed by atoms with Crippen molar-refractivity contribution in [3.63, 3.8) is 0 Å². The zero-order chi connectivity index (χ0) is 16.3. The summed E-state index contributed by atoms with van der Waals surface area (Å²) in [6, 6.07) is 3.77. The lowest BCUT2D eigenvalue weighted by molar-refractivity contribution is 0.298. The number of halogens is 3. The van der Waals surface area contributed by atoms with Gasteiger partial charge in [0.05, 0.1) is 0 Å². The summed E-state index contributed by atoms with van der Waals surface area (Å²) >= 11 is 14.4. The number of aromatic amines is 1. The van der Waals surface area contributed by atoms with Crippen molar-refractivity contribution in [2.45, 2.75) is 31.7 Å². The topological polar surface area (TPSA) is 67.9 Å². The first kappa shape index (κ1) is 17.5. The molecule has 0 aliphatic rings. The van der Waals surface area contributed by atoms with Gasteiger partial charge < -0.3 is 4.74 Å². The lowest BCUT2D eigenvalue weighted by Gasteiger charge is -2.17. The van der Waals surface area contributed by atoms with E-state index in [9.17, 15) is 4.79 Å². The van der Waals surface area contributed by atoms with Crippen LogP contribution in [0.2, 0.25) is 5.02 Å². The van der Waals surface area contributed by atoms with E-state index in [4.69, 9.17) is 27.9 Å². The predicted molar refractivity (Wildman–Crippen MR) is 94.8 cm³/mol. The van der Waals surface area contributed by atoms with Gasteiger partial charge in [-0.25, -0.2) is 10.1 Å². The van der Waals surface area contributed by atoms with Crippen molar-refractivity contribution >= 4 is 45.8 Å². The van der Waals surface area contributed by atoms with Crippen molar-refractivity contribution in [1.82, 2.24) is 15.2 Å². The van der Waals surface area contributed by atoms with Gasteiger partial charge in [0.2, 0.25) is 0 Å². The van der Waals surface area contributed by atoms with Crippen molar-refractivity contribution in [3.05, 3.63) is 48.7 Å². The second-order valence-corrected chi connectivity index (χ2v) is 7.82. The van der Waals surface area contributed by atoms with Gasteiger partial charge in [0.1, 0.15) is 16.0 Å². The second kappa shape index (κ2) is 7.14. The van der Waals surface area contributed by atoms with E-state index in [2.05, 4.69) is 37.8 Å². The Labute approximate surface area is 151 Å². The van der Waals surface area contributed by atoms with Gasteiger partial charge >= 0.3 is 0 Å². The number of rotatable bonds is 5. The summed E-state index contributed by atoms with van der Waals surface area (Å²) in [4.78, 5) is 15.3. The highest BCUT2D eigenvalue weighted by molar-refractivity contribution is 14.1. The van der Waals surface area contributed by atoms with Gasteiger partial charge in [-0.1, -0.05) is 17.7 Å². The van der Waals surface area contributed by atoms with Crippen LogP contribution in [-0.2, 0) is 13.0 Å². The molecule has 5 nitrogen and oxygen atoms in total. The van der Waals surface area contributed by atoms with Crippen LogP contribution in [0, 0.1) is 3.70 Å². The molecular formula is C14H14Cl2IN3O2. The number of hydrogen-bond acceptors (Lipinski definition) is 4. The molecule has 8 heteroatoms. The molecule has 2 aromatic heterocycles. The van der Waals surface area contributed by atoms with Gasteiger partial charge in [0, 0.05) is 23.1 Å². The molecule has 2 heterocycles. The van der Waals surface area contributed by atoms with E-state index in [0.29, 0.717) is 12.1 Å². The van der Waals surface area contributed by atoms with Crippen LogP contribution in [0.15, 0.2) is 23.1 Å². The molecule has 0 aliphatic carbocycles. The van der Waals surface area contributed by atoms with Gasteiger partial charge in [-0.3, -0.25) is 4.79 Å². The number of pyridine rings is 1. The Balaban J connectivity index is 2.26. The van der Waals surface area contributed by atoms with Crippen molar-refractivity contribution in [3.8, 4) is 5.75 Å². The zero-order valence-electron chi connectivity index (χ0n) is 12.0. The minimum atomic E-state index is -0.531. The quantitative estimate of drug-likeness (QED) is 0.427. The lowest BCUT2D eigenvalue weighted by atomic mass is 10.1. The van der Waals surface area contributed by atoms with Crippen molar-refractivity contribution in [1.29, 1.82) is 0 Å². The third kappa shape index (κ3) is 4.82. The van der Waals surface area contributed by atoms with Gasteiger partial charge in [-0.15, -0.1) is 11.6 Å². The van der Waals surface area contributed by atoms with E-state index < -0.39 is 10.4 Å². The number of nitrogens with one attached hydrogen (secondary N) is 1. The Morgan fingerprint density at radius 3 is 2.73 bits per heavy atom. The molecule has 1 N–H and O–H groups in total. The van der Waals surface area contributed by atoms with Gasteiger partial charge in [0.15, 0.2) is 10.8 Å². The van der Waals surface area contributed by atoms with Gasteiger partial charge in [-0.2, -0.15) is 5.10 Å². The van der Waals surface area contributed by atoms with Crippen LogP contribution in [0.5, 0.6) is 5.75 Å². The number of hydrogen-bond donors (Lipinski definition) is 1. The lowest BCUT2D eigenvalue weighted by Crippen LogP contribution is -2.20. The molecule has 22 heavy (non-hydrogen) atoms. The Bertz CT molecular complexity index is 712. The smallest absolute Gasteiger partial charge is 0.286 e. The van der Waals surface area contributed by atoms with Crippen molar-refractivity contribution in [2.75, 3.05) is 0 Å². The number of ether oxygens (including phenoxy) is 1. The Kier molecular flexibility index (Phi) is 5.68. The normalized spacial score (nSPS) is 11.5. The molecule has 0 amide bonds. The monoisotopic (exact) mass is 453 g/mol. The summed E-state index contributed by atoms with van der Waals surface area (Å²) in [6.07, 6.45) is 2.12. The average molecular weight is 454 g/mol. The zero-order valence-corrected chi connectivity index (χ0v) is 15.7. The molecule has 0 atom stereocenters. The number of alkyl halides is 1.